The summed E-state index contributed by atoms with van der Waals surface area (Å²) in [6.45, 7) is -0.385. The van der Waals surface area contributed by atoms with E-state index in [-0.39, 0.29) is 18.6 Å². The van der Waals surface area contributed by atoms with E-state index in [1.165, 1.54) is 43.4 Å². The number of H-pyrrole nitrogens is 1. The van der Waals surface area contributed by atoms with Crippen LogP contribution in [0.3, 0.4) is 0 Å². The molecule has 3 heterocycles. The normalized spacial score (nSPS) is 20.9. The van der Waals surface area contributed by atoms with Gasteiger partial charge >= 0.3 is 5.69 Å². The number of aromatic amines is 1. The van der Waals surface area contributed by atoms with Crippen molar-refractivity contribution in [1.29, 1.82) is 0 Å². The highest BCUT2D eigenvalue weighted by Crippen LogP contribution is 2.46. The number of hydrogen-bond acceptors (Lipinski definition) is 10. The van der Waals surface area contributed by atoms with Crippen LogP contribution in [-0.2, 0) is 4.74 Å². The molecule has 2 aromatic heterocycles. The number of aromatic nitrogens is 3. The van der Waals surface area contributed by atoms with E-state index < -0.39 is 29.7 Å². The van der Waals surface area contributed by atoms with Gasteiger partial charge in [-0.15, -0.1) is 11.3 Å². The number of thiazole rings is 1. The number of aliphatic hydroxyl groups excluding tert-OH is 2. The number of fused-ring (bicyclic) bond motifs is 1. The van der Waals surface area contributed by atoms with Gasteiger partial charge in [0.25, 0.3) is 5.56 Å². The predicted octanol–water partition coefficient (Wildman–Crippen LogP) is 0.480. The van der Waals surface area contributed by atoms with Crippen molar-refractivity contribution in [3.8, 4) is 27.8 Å². The Morgan fingerprint density at radius 3 is 2.61 bits per heavy atom. The molecule has 3 aromatic rings. The molecule has 11 nitrogen and oxygen atoms in total. The fraction of sp³-hybridized carbons (Fsp3) is 0.421. The molecular formula is C19H21N3O8S. The highest BCUT2D eigenvalue weighted by molar-refractivity contribution is 7.22. The third kappa shape index (κ3) is 3.57. The van der Waals surface area contributed by atoms with Crippen LogP contribution in [0.1, 0.15) is 12.6 Å². The predicted molar refractivity (Wildman–Crippen MR) is 111 cm³/mol. The first kappa shape index (κ1) is 21.3. The van der Waals surface area contributed by atoms with Gasteiger partial charge < -0.3 is 29.2 Å². The second-order valence-corrected chi connectivity index (χ2v) is 7.84. The zero-order valence-corrected chi connectivity index (χ0v) is 17.8. The summed E-state index contributed by atoms with van der Waals surface area (Å²) < 4.78 is 23.6. The number of rotatable bonds is 6. The molecule has 0 aliphatic carbocycles. The summed E-state index contributed by atoms with van der Waals surface area (Å²) in [5.74, 6) is 1.24. The van der Waals surface area contributed by atoms with Crippen LogP contribution in [0, 0.1) is 0 Å². The minimum absolute atomic E-state index is 0.0959. The Bertz CT molecular complexity index is 1230. The zero-order chi connectivity index (χ0) is 22.3. The summed E-state index contributed by atoms with van der Waals surface area (Å²) in [7, 11) is 4.47. The summed E-state index contributed by atoms with van der Waals surface area (Å²) in [5.41, 5.74) is -0.632. The Balaban J connectivity index is 1.85. The first-order valence-corrected chi connectivity index (χ1v) is 10.1. The van der Waals surface area contributed by atoms with E-state index in [9.17, 15) is 19.8 Å². The van der Waals surface area contributed by atoms with Crippen molar-refractivity contribution in [2.45, 2.75) is 24.9 Å². The number of nitrogens with zero attached hydrogens (tertiary/aromatic N) is 2. The largest absolute Gasteiger partial charge is 0.493 e. The molecule has 3 N–H and O–H groups in total. The maximum absolute atomic E-state index is 12.6. The molecule has 12 heteroatoms. The molecule has 1 aromatic carbocycles. The van der Waals surface area contributed by atoms with Crippen molar-refractivity contribution in [2.75, 3.05) is 27.9 Å². The second kappa shape index (κ2) is 8.30. The van der Waals surface area contributed by atoms with E-state index in [4.69, 9.17) is 18.9 Å². The Kier molecular flexibility index (Phi) is 5.71. The van der Waals surface area contributed by atoms with Gasteiger partial charge in [0.1, 0.15) is 22.0 Å². The van der Waals surface area contributed by atoms with Gasteiger partial charge in [0.15, 0.2) is 11.5 Å². The molecule has 1 saturated heterocycles. The Morgan fingerprint density at radius 2 is 2.00 bits per heavy atom. The van der Waals surface area contributed by atoms with Gasteiger partial charge in [0, 0.05) is 18.7 Å². The third-order valence-electron chi connectivity index (χ3n) is 5.08. The van der Waals surface area contributed by atoms with Crippen LogP contribution in [0.15, 0.2) is 21.9 Å². The van der Waals surface area contributed by atoms with Gasteiger partial charge in [-0.1, -0.05) is 0 Å². The molecule has 31 heavy (non-hydrogen) atoms. The number of methoxy groups -OCH3 is 3. The molecule has 0 unspecified atom stereocenters. The summed E-state index contributed by atoms with van der Waals surface area (Å²) in [6.07, 6.45) is -1.13. The Hall–Kier alpha value is -2.93. The van der Waals surface area contributed by atoms with Gasteiger partial charge in [0.2, 0.25) is 5.75 Å². The van der Waals surface area contributed by atoms with Crippen molar-refractivity contribution in [3.05, 3.63) is 33.1 Å². The van der Waals surface area contributed by atoms with E-state index in [2.05, 4.69) is 9.97 Å². The van der Waals surface area contributed by atoms with E-state index in [0.717, 1.165) is 0 Å². The number of hydrogen-bond donors (Lipinski definition) is 3. The second-order valence-electron chi connectivity index (χ2n) is 6.84. The Morgan fingerprint density at radius 1 is 1.26 bits per heavy atom. The molecule has 0 saturated carbocycles. The molecular weight excluding hydrogens is 430 g/mol. The summed E-state index contributed by atoms with van der Waals surface area (Å²) in [4.78, 5) is 31.7. The number of ether oxygens (including phenoxy) is 4. The monoisotopic (exact) mass is 451 g/mol. The average molecular weight is 451 g/mol. The molecule has 0 radical (unpaired) electrons. The summed E-state index contributed by atoms with van der Waals surface area (Å²) in [6, 6.07) is 1.67. The van der Waals surface area contributed by atoms with Crippen LogP contribution in [0.4, 0.5) is 0 Å². The van der Waals surface area contributed by atoms with Gasteiger partial charge in [-0.3, -0.25) is 14.3 Å². The van der Waals surface area contributed by atoms with Gasteiger partial charge in [-0.2, -0.15) is 0 Å². The molecule has 0 bridgehead atoms. The smallest absolute Gasteiger partial charge is 0.330 e. The van der Waals surface area contributed by atoms with Gasteiger partial charge in [-0.05, 0) is 0 Å². The lowest BCUT2D eigenvalue weighted by atomic mass is 10.2. The zero-order valence-electron chi connectivity index (χ0n) is 16.9. The lowest BCUT2D eigenvalue weighted by Gasteiger charge is -2.14. The molecule has 1 aliphatic rings. The Labute approximate surface area is 179 Å². The minimum atomic E-state index is -0.927. The summed E-state index contributed by atoms with van der Waals surface area (Å²) >= 11 is 1.19. The molecule has 4 rings (SSSR count). The van der Waals surface area contributed by atoms with Crippen molar-refractivity contribution in [1.82, 2.24) is 14.5 Å². The SMILES string of the molecule is COc1cc2nc(-c3cn([C@H]4C[C@H](O)[C@@H](CO)O4)c(=O)[nH]c3=O)sc2c(OC)c1OC. The number of aliphatic hydroxyl groups is 2. The fourth-order valence-electron chi connectivity index (χ4n) is 3.54. The molecule has 166 valence electrons. The van der Waals surface area contributed by atoms with Crippen LogP contribution in [-0.4, -0.2) is 64.9 Å². The highest BCUT2D eigenvalue weighted by Gasteiger charge is 2.35. The fourth-order valence-corrected chi connectivity index (χ4v) is 4.62. The maximum atomic E-state index is 12.6. The highest BCUT2D eigenvalue weighted by atomic mass is 32.1. The lowest BCUT2D eigenvalue weighted by Crippen LogP contribution is -2.33. The molecule has 0 amide bonds. The van der Waals surface area contributed by atoms with Crippen LogP contribution in [0.5, 0.6) is 17.2 Å². The molecule has 1 fully saturated rings. The minimum Gasteiger partial charge on any atom is -0.493 e. The quantitative estimate of drug-likeness (QED) is 0.487. The first-order valence-electron chi connectivity index (χ1n) is 9.31. The van der Waals surface area contributed by atoms with E-state index in [1.807, 2.05) is 0 Å². The third-order valence-corrected chi connectivity index (χ3v) is 6.18. The molecule has 0 spiro atoms. The van der Waals surface area contributed by atoms with E-state index >= 15 is 0 Å². The lowest BCUT2D eigenvalue weighted by molar-refractivity contribution is -0.0458. The summed E-state index contributed by atoms with van der Waals surface area (Å²) in [5, 5.41) is 19.6. The van der Waals surface area contributed by atoms with Crippen molar-refractivity contribution >= 4 is 21.6 Å². The molecule has 3 atom stereocenters. The van der Waals surface area contributed by atoms with E-state index in [1.54, 1.807) is 6.07 Å². The number of benzene rings is 1. The van der Waals surface area contributed by atoms with Crippen LogP contribution in [0.2, 0.25) is 0 Å². The van der Waals surface area contributed by atoms with Crippen molar-refractivity contribution in [2.24, 2.45) is 0 Å². The van der Waals surface area contributed by atoms with Crippen LogP contribution < -0.4 is 25.5 Å². The van der Waals surface area contributed by atoms with Crippen LogP contribution >= 0.6 is 11.3 Å². The topological polar surface area (TPSA) is 145 Å². The van der Waals surface area contributed by atoms with Crippen molar-refractivity contribution < 1.29 is 29.2 Å². The molecule has 1 aliphatic heterocycles. The maximum Gasteiger partial charge on any atom is 0.330 e. The standard InChI is InChI=1S/C19H21N3O8S/c1-27-11-4-9-16(15(29-3)14(11)28-2)31-18(20-9)8-6-22(19(26)21-17(8)25)13-5-10(24)12(7-23)30-13/h4,6,10,12-13,23-24H,5,7H2,1-3H3,(H,21,25,26)/t10-,12+,13+/m0/s1. The average Bonchev–Trinajstić information content (AvgIpc) is 3.34. The van der Waals surface area contributed by atoms with Crippen molar-refractivity contribution in [3.63, 3.8) is 0 Å². The van der Waals surface area contributed by atoms with E-state index in [0.29, 0.717) is 32.5 Å². The van der Waals surface area contributed by atoms with Crippen LogP contribution in [0.25, 0.3) is 20.8 Å². The van der Waals surface area contributed by atoms with Gasteiger partial charge in [-0.25, -0.2) is 9.78 Å². The number of nitrogens with one attached hydrogen (secondary N) is 1. The first-order chi connectivity index (χ1) is 14.9. The van der Waals surface area contributed by atoms with Gasteiger partial charge in [0.05, 0.1) is 45.1 Å².